The van der Waals surface area contributed by atoms with Gasteiger partial charge < -0.3 is 10.4 Å². The fourth-order valence-corrected chi connectivity index (χ4v) is 2.94. The van der Waals surface area contributed by atoms with E-state index in [1.54, 1.807) is 0 Å². The molecule has 3 unspecified atom stereocenters. The minimum Gasteiger partial charge on any atom is -0.396 e. The smallest absolute Gasteiger partial charge is 0.0474 e. The summed E-state index contributed by atoms with van der Waals surface area (Å²) in [6, 6.07) is 8.74. The van der Waals surface area contributed by atoms with Crippen LogP contribution in [0, 0.1) is 5.92 Å². The molecule has 2 N–H and O–H groups in total. The maximum Gasteiger partial charge on any atom is 0.0474 e. The number of benzene rings is 1. The molecule has 0 spiro atoms. The van der Waals surface area contributed by atoms with E-state index >= 15 is 0 Å². The predicted molar refractivity (Wildman–Crippen MR) is 75.8 cm³/mol. The lowest BCUT2D eigenvalue weighted by Gasteiger charge is -2.33. The molecule has 0 radical (unpaired) electrons. The first-order valence-electron chi connectivity index (χ1n) is 6.83. The first-order chi connectivity index (χ1) is 8.70. The summed E-state index contributed by atoms with van der Waals surface area (Å²) in [7, 11) is 0. The molecule has 0 aromatic heterocycles. The van der Waals surface area contributed by atoms with Crippen LogP contribution in [0.4, 0.5) is 0 Å². The number of rotatable bonds is 4. The molecule has 1 aromatic rings. The summed E-state index contributed by atoms with van der Waals surface area (Å²) in [6.07, 6.45) is 4.82. The highest BCUT2D eigenvalue weighted by molar-refractivity contribution is 6.30. The van der Waals surface area contributed by atoms with Crippen LogP contribution in [-0.4, -0.2) is 17.8 Å². The highest BCUT2D eigenvalue weighted by atomic mass is 35.5. The Morgan fingerprint density at radius 1 is 1.28 bits per heavy atom. The summed E-state index contributed by atoms with van der Waals surface area (Å²) in [6.45, 7) is 2.47. The van der Waals surface area contributed by atoms with Crippen molar-refractivity contribution in [2.75, 3.05) is 6.61 Å². The van der Waals surface area contributed by atoms with Gasteiger partial charge in [0.2, 0.25) is 0 Å². The number of hydrogen-bond donors (Lipinski definition) is 2. The van der Waals surface area contributed by atoms with Gasteiger partial charge in [-0.05, 0) is 43.4 Å². The van der Waals surface area contributed by atoms with Crippen molar-refractivity contribution in [1.82, 2.24) is 5.32 Å². The van der Waals surface area contributed by atoms with E-state index < -0.39 is 0 Å². The van der Waals surface area contributed by atoms with Gasteiger partial charge >= 0.3 is 0 Å². The van der Waals surface area contributed by atoms with Gasteiger partial charge in [-0.25, -0.2) is 0 Å². The van der Waals surface area contributed by atoms with Gasteiger partial charge in [-0.2, -0.15) is 0 Å². The maximum absolute atomic E-state index is 9.42. The molecule has 0 aliphatic heterocycles. The van der Waals surface area contributed by atoms with Crippen molar-refractivity contribution >= 4 is 11.6 Å². The fraction of sp³-hybridized carbons (Fsp3) is 0.600. The van der Waals surface area contributed by atoms with Crippen molar-refractivity contribution in [3.05, 3.63) is 34.9 Å². The van der Waals surface area contributed by atoms with Crippen LogP contribution in [-0.2, 0) is 0 Å². The van der Waals surface area contributed by atoms with E-state index in [9.17, 15) is 5.11 Å². The molecule has 1 fully saturated rings. The van der Waals surface area contributed by atoms with Crippen LogP contribution < -0.4 is 5.32 Å². The molecule has 2 nitrogen and oxygen atoms in total. The van der Waals surface area contributed by atoms with Gasteiger partial charge in [0.05, 0.1) is 0 Å². The van der Waals surface area contributed by atoms with Crippen molar-refractivity contribution < 1.29 is 5.11 Å². The SMILES string of the molecule is CC(NC1CCCCC1CO)c1ccc(Cl)cc1. The Kier molecular flexibility index (Phi) is 5.04. The minimum absolute atomic E-state index is 0.297. The van der Waals surface area contributed by atoms with Gasteiger partial charge in [0, 0.05) is 23.7 Å². The Labute approximate surface area is 114 Å². The third kappa shape index (κ3) is 3.47. The second kappa shape index (κ2) is 6.55. The lowest BCUT2D eigenvalue weighted by Crippen LogP contribution is -2.41. The van der Waals surface area contributed by atoms with E-state index in [-0.39, 0.29) is 0 Å². The fourth-order valence-electron chi connectivity index (χ4n) is 2.81. The first kappa shape index (κ1) is 13.9. The van der Waals surface area contributed by atoms with Crippen LogP contribution in [0.3, 0.4) is 0 Å². The van der Waals surface area contributed by atoms with Crippen LogP contribution in [0.15, 0.2) is 24.3 Å². The zero-order chi connectivity index (χ0) is 13.0. The van der Waals surface area contributed by atoms with E-state index in [1.807, 2.05) is 12.1 Å². The van der Waals surface area contributed by atoms with Crippen molar-refractivity contribution in [3.8, 4) is 0 Å². The van der Waals surface area contributed by atoms with Crippen LogP contribution in [0.5, 0.6) is 0 Å². The summed E-state index contributed by atoms with van der Waals surface area (Å²) in [5.74, 6) is 0.411. The van der Waals surface area contributed by atoms with Crippen LogP contribution in [0.25, 0.3) is 0 Å². The number of halogens is 1. The van der Waals surface area contributed by atoms with Gasteiger partial charge in [0.1, 0.15) is 0 Å². The highest BCUT2D eigenvalue weighted by Gasteiger charge is 2.25. The predicted octanol–water partition coefficient (Wildman–Crippen LogP) is 3.54. The van der Waals surface area contributed by atoms with Gasteiger partial charge in [0.15, 0.2) is 0 Å². The van der Waals surface area contributed by atoms with E-state index in [2.05, 4.69) is 24.4 Å². The average molecular weight is 268 g/mol. The molecular weight excluding hydrogens is 246 g/mol. The highest BCUT2D eigenvalue weighted by Crippen LogP contribution is 2.26. The minimum atomic E-state index is 0.297. The monoisotopic (exact) mass is 267 g/mol. The Morgan fingerprint density at radius 2 is 1.94 bits per heavy atom. The summed E-state index contributed by atoms with van der Waals surface area (Å²) in [5.41, 5.74) is 1.25. The number of nitrogens with one attached hydrogen (secondary N) is 1. The number of aliphatic hydroxyl groups is 1. The summed E-state index contributed by atoms with van der Waals surface area (Å²) >= 11 is 5.90. The molecule has 18 heavy (non-hydrogen) atoms. The largest absolute Gasteiger partial charge is 0.396 e. The van der Waals surface area contributed by atoms with Crippen molar-refractivity contribution in [2.24, 2.45) is 5.92 Å². The third-order valence-corrected chi connectivity index (χ3v) is 4.23. The topological polar surface area (TPSA) is 32.3 Å². The number of hydrogen-bond acceptors (Lipinski definition) is 2. The molecule has 3 atom stereocenters. The van der Waals surface area contributed by atoms with Gasteiger partial charge in [-0.3, -0.25) is 0 Å². The molecule has 1 aliphatic rings. The van der Waals surface area contributed by atoms with E-state index in [4.69, 9.17) is 11.6 Å². The molecule has 1 aliphatic carbocycles. The molecule has 0 saturated heterocycles. The van der Waals surface area contributed by atoms with Crippen LogP contribution in [0.1, 0.15) is 44.2 Å². The maximum atomic E-state index is 9.42. The van der Waals surface area contributed by atoms with Crippen molar-refractivity contribution in [3.63, 3.8) is 0 Å². The van der Waals surface area contributed by atoms with E-state index in [0.717, 1.165) is 11.4 Å². The molecule has 2 rings (SSSR count). The second-order valence-electron chi connectivity index (χ2n) is 5.27. The lowest BCUT2D eigenvalue weighted by molar-refractivity contribution is 0.147. The molecule has 1 aromatic carbocycles. The van der Waals surface area contributed by atoms with E-state index in [1.165, 1.54) is 24.8 Å². The Balaban J connectivity index is 1.97. The zero-order valence-corrected chi connectivity index (χ0v) is 11.7. The molecule has 3 heteroatoms. The van der Waals surface area contributed by atoms with Crippen molar-refractivity contribution in [1.29, 1.82) is 0 Å². The Bertz CT molecular complexity index is 365. The standard InChI is InChI=1S/C15H22ClNO/c1-11(12-6-8-14(16)9-7-12)17-15-5-3-2-4-13(15)10-18/h6-9,11,13,15,17-18H,2-5,10H2,1H3. The zero-order valence-electron chi connectivity index (χ0n) is 10.9. The average Bonchev–Trinajstić information content (AvgIpc) is 2.40. The quantitative estimate of drug-likeness (QED) is 0.875. The lowest BCUT2D eigenvalue weighted by atomic mass is 9.84. The van der Waals surface area contributed by atoms with Gasteiger partial charge in [0.25, 0.3) is 0 Å². The molecule has 100 valence electrons. The molecule has 0 bridgehead atoms. The van der Waals surface area contributed by atoms with Gasteiger partial charge in [-0.15, -0.1) is 0 Å². The summed E-state index contributed by atoms with van der Waals surface area (Å²) in [5, 5.41) is 13.9. The van der Waals surface area contributed by atoms with E-state index in [0.29, 0.717) is 24.6 Å². The Hall–Kier alpha value is -0.570. The molecule has 0 amide bonds. The molecule has 0 heterocycles. The van der Waals surface area contributed by atoms with Gasteiger partial charge in [-0.1, -0.05) is 36.6 Å². The van der Waals surface area contributed by atoms with Crippen LogP contribution in [0.2, 0.25) is 5.02 Å². The normalized spacial score (nSPS) is 25.9. The second-order valence-corrected chi connectivity index (χ2v) is 5.71. The summed E-state index contributed by atoms with van der Waals surface area (Å²) in [4.78, 5) is 0. The third-order valence-electron chi connectivity index (χ3n) is 3.98. The number of aliphatic hydroxyl groups excluding tert-OH is 1. The molecular formula is C15H22ClNO. The molecule has 1 saturated carbocycles. The van der Waals surface area contributed by atoms with Crippen LogP contribution >= 0.6 is 11.6 Å². The first-order valence-corrected chi connectivity index (χ1v) is 7.21. The van der Waals surface area contributed by atoms with Crippen molar-refractivity contribution in [2.45, 2.75) is 44.7 Å². The Morgan fingerprint density at radius 3 is 2.61 bits per heavy atom. The summed E-state index contributed by atoms with van der Waals surface area (Å²) < 4.78 is 0.